The van der Waals surface area contributed by atoms with Crippen molar-refractivity contribution in [2.75, 3.05) is 26.5 Å². The average molecular weight is 297 g/mol. The molecule has 1 aromatic rings. The topological polar surface area (TPSA) is 66.8 Å². The van der Waals surface area contributed by atoms with Crippen LogP contribution in [0.5, 0.6) is 5.75 Å². The Morgan fingerprint density at radius 3 is 2.75 bits per heavy atom. The Bertz CT molecular complexity index is 478. The van der Waals surface area contributed by atoms with Gasteiger partial charge in [-0.05, 0) is 18.2 Å². The normalized spacial score (nSPS) is 11.8. The molecule has 6 heteroatoms. The van der Waals surface area contributed by atoms with E-state index in [1.165, 1.54) is 16.7 Å². The SMILES string of the molecule is COc1cccc(SCC(=O)N(C)CC(C)C(=O)O)c1. The first kappa shape index (κ1) is 16.4. The molecule has 110 valence electrons. The third-order valence-corrected chi connectivity index (χ3v) is 3.78. The highest BCUT2D eigenvalue weighted by molar-refractivity contribution is 8.00. The van der Waals surface area contributed by atoms with E-state index in [0.29, 0.717) is 0 Å². The molecule has 0 aliphatic heterocycles. The zero-order chi connectivity index (χ0) is 15.1. The summed E-state index contributed by atoms with van der Waals surface area (Å²) in [6.45, 7) is 1.80. The lowest BCUT2D eigenvalue weighted by atomic mass is 10.2. The first-order chi connectivity index (χ1) is 9.43. The maximum absolute atomic E-state index is 11.9. The van der Waals surface area contributed by atoms with Crippen LogP contribution in [0.25, 0.3) is 0 Å². The van der Waals surface area contributed by atoms with E-state index >= 15 is 0 Å². The summed E-state index contributed by atoms with van der Waals surface area (Å²) < 4.78 is 5.11. The summed E-state index contributed by atoms with van der Waals surface area (Å²) in [6, 6.07) is 7.46. The molecule has 0 aliphatic rings. The van der Waals surface area contributed by atoms with Gasteiger partial charge in [0.05, 0.1) is 18.8 Å². The lowest BCUT2D eigenvalue weighted by Crippen LogP contribution is -2.34. The molecule has 1 rings (SSSR count). The number of carboxylic acid groups (broad SMARTS) is 1. The summed E-state index contributed by atoms with van der Waals surface area (Å²) >= 11 is 1.40. The number of carbonyl (C=O) groups is 2. The van der Waals surface area contributed by atoms with Crippen molar-refractivity contribution in [3.8, 4) is 5.75 Å². The van der Waals surface area contributed by atoms with Gasteiger partial charge in [-0.2, -0.15) is 0 Å². The monoisotopic (exact) mass is 297 g/mol. The predicted octanol–water partition coefficient (Wildman–Crippen LogP) is 1.97. The third kappa shape index (κ3) is 5.13. The van der Waals surface area contributed by atoms with Crippen molar-refractivity contribution in [3.05, 3.63) is 24.3 Å². The lowest BCUT2D eigenvalue weighted by molar-refractivity contribution is -0.142. The Morgan fingerprint density at radius 1 is 1.45 bits per heavy atom. The van der Waals surface area contributed by atoms with Gasteiger partial charge in [0, 0.05) is 18.5 Å². The maximum atomic E-state index is 11.9. The molecule has 0 saturated heterocycles. The van der Waals surface area contributed by atoms with E-state index in [0.717, 1.165) is 10.6 Å². The molecule has 0 bridgehead atoms. The predicted molar refractivity (Wildman–Crippen MR) is 78.2 cm³/mol. The Kier molecular flexibility index (Phi) is 6.38. The summed E-state index contributed by atoms with van der Waals surface area (Å²) in [5.74, 6) is -0.534. The Hall–Kier alpha value is -1.69. The molecule has 0 aliphatic carbocycles. The third-order valence-electron chi connectivity index (χ3n) is 2.80. The summed E-state index contributed by atoms with van der Waals surface area (Å²) in [7, 11) is 3.21. The number of amides is 1. The molecule has 0 radical (unpaired) electrons. The number of ether oxygens (including phenoxy) is 1. The lowest BCUT2D eigenvalue weighted by Gasteiger charge is -2.19. The van der Waals surface area contributed by atoms with E-state index in [2.05, 4.69) is 0 Å². The van der Waals surface area contributed by atoms with E-state index in [1.807, 2.05) is 24.3 Å². The van der Waals surface area contributed by atoms with Gasteiger partial charge in [-0.3, -0.25) is 9.59 Å². The van der Waals surface area contributed by atoms with Crippen molar-refractivity contribution in [1.82, 2.24) is 4.90 Å². The van der Waals surface area contributed by atoms with Crippen LogP contribution in [-0.2, 0) is 9.59 Å². The minimum absolute atomic E-state index is 0.0917. The number of rotatable bonds is 7. The molecule has 0 saturated carbocycles. The van der Waals surface area contributed by atoms with E-state index in [1.54, 1.807) is 21.1 Å². The quantitative estimate of drug-likeness (QED) is 0.779. The molecule has 0 fully saturated rings. The Morgan fingerprint density at radius 2 is 2.15 bits per heavy atom. The first-order valence-corrected chi connectivity index (χ1v) is 7.16. The number of aliphatic carboxylic acids is 1. The van der Waals surface area contributed by atoms with E-state index < -0.39 is 11.9 Å². The van der Waals surface area contributed by atoms with Crippen LogP contribution < -0.4 is 4.74 Å². The molecule has 1 amide bonds. The van der Waals surface area contributed by atoms with Gasteiger partial charge in [0.2, 0.25) is 5.91 Å². The molecule has 1 unspecified atom stereocenters. The Balaban J connectivity index is 2.47. The zero-order valence-electron chi connectivity index (χ0n) is 11.8. The van der Waals surface area contributed by atoms with Gasteiger partial charge >= 0.3 is 5.97 Å². The van der Waals surface area contributed by atoms with Gasteiger partial charge in [0.15, 0.2) is 0 Å². The minimum Gasteiger partial charge on any atom is -0.497 e. The van der Waals surface area contributed by atoms with Gasteiger partial charge in [0.25, 0.3) is 0 Å². The standard InChI is InChI=1S/C14H19NO4S/c1-10(14(17)18)8-15(2)13(16)9-20-12-6-4-5-11(7-12)19-3/h4-7,10H,8-9H2,1-3H3,(H,17,18). The molecule has 0 spiro atoms. The molecule has 20 heavy (non-hydrogen) atoms. The number of benzene rings is 1. The first-order valence-electron chi connectivity index (χ1n) is 6.17. The molecule has 5 nitrogen and oxygen atoms in total. The summed E-state index contributed by atoms with van der Waals surface area (Å²) in [5, 5.41) is 8.82. The van der Waals surface area contributed by atoms with Crippen LogP contribution in [-0.4, -0.2) is 48.3 Å². The number of nitrogens with zero attached hydrogens (tertiary/aromatic N) is 1. The average Bonchev–Trinajstić information content (AvgIpc) is 2.44. The zero-order valence-corrected chi connectivity index (χ0v) is 12.6. The minimum atomic E-state index is -0.898. The number of carboxylic acids is 1. The van der Waals surface area contributed by atoms with E-state index in [9.17, 15) is 9.59 Å². The summed E-state index contributed by atoms with van der Waals surface area (Å²) in [6.07, 6.45) is 0. The summed E-state index contributed by atoms with van der Waals surface area (Å²) in [4.78, 5) is 25.1. The molecule has 1 aromatic carbocycles. The van der Waals surface area contributed by atoms with Crippen molar-refractivity contribution in [1.29, 1.82) is 0 Å². The van der Waals surface area contributed by atoms with Crippen LogP contribution in [0, 0.1) is 5.92 Å². The van der Waals surface area contributed by atoms with E-state index in [-0.39, 0.29) is 18.2 Å². The Labute approximate surface area is 122 Å². The smallest absolute Gasteiger partial charge is 0.308 e. The second-order valence-corrected chi connectivity index (χ2v) is 5.53. The van der Waals surface area contributed by atoms with Gasteiger partial charge in [-0.1, -0.05) is 13.0 Å². The molecular weight excluding hydrogens is 278 g/mol. The fraction of sp³-hybridized carbons (Fsp3) is 0.429. The fourth-order valence-corrected chi connectivity index (χ4v) is 2.42. The highest BCUT2D eigenvalue weighted by atomic mass is 32.2. The van der Waals surface area contributed by atoms with Crippen molar-refractivity contribution in [3.63, 3.8) is 0 Å². The largest absolute Gasteiger partial charge is 0.497 e. The van der Waals surface area contributed by atoms with Gasteiger partial charge in [0.1, 0.15) is 5.75 Å². The van der Waals surface area contributed by atoms with Crippen molar-refractivity contribution in [2.24, 2.45) is 5.92 Å². The number of carbonyl (C=O) groups excluding carboxylic acids is 1. The van der Waals surface area contributed by atoms with Crippen molar-refractivity contribution in [2.45, 2.75) is 11.8 Å². The van der Waals surface area contributed by atoms with Crippen LogP contribution in [0.15, 0.2) is 29.2 Å². The number of methoxy groups -OCH3 is 1. The second kappa shape index (κ2) is 7.79. The molecule has 0 heterocycles. The van der Waals surface area contributed by atoms with Crippen LogP contribution in [0.2, 0.25) is 0 Å². The van der Waals surface area contributed by atoms with Crippen molar-refractivity contribution >= 4 is 23.6 Å². The summed E-state index contributed by atoms with van der Waals surface area (Å²) in [5.41, 5.74) is 0. The number of hydrogen-bond acceptors (Lipinski definition) is 4. The molecule has 0 aromatic heterocycles. The fourth-order valence-electron chi connectivity index (χ4n) is 1.54. The van der Waals surface area contributed by atoms with Gasteiger partial charge in [-0.25, -0.2) is 0 Å². The van der Waals surface area contributed by atoms with E-state index in [4.69, 9.17) is 9.84 Å². The molecular formula is C14H19NO4S. The second-order valence-electron chi connectivity index (χ2n) is 4.48. The number of thioether (sulfide) groups is 1. The van der Waals surface area contributed by atoms with Crippen LogP contribution >= 0.6 is 11.8 Å². The van der Waals surface area contributed by atoms with Crippen LogP contribution in [0.3, 0.4) is 0 Å². The maximum Gasteiger partial charge on any atom is 0.308 e. The van der Waals surface area contributed by atoms with Gasteiger partial charge in [-0.15, -0.1) is 11.8 Å². The highest BCUT2D eigenvalue weighted by Gasteiger charge is 2.17. The molecule has 1 atom stereocenters. The van der Waals surface area contributed by atoms with Crippen molar-refractivity contribution < 1.29 is 19.4 Å². The highest BCUT2D eigenvalue weighted by Crippen LogP contribution is 2.22. The van der Waals surface area contributed by atoms with Gasteiger partial charge < -0.3 is 14.7 Å². The number of hydrogen-bond donors (Lipinski definition) is 1. The van der Waals surface area contributed by atoms with Crippen LogP contribution in [0.4, 0.5) is 0 Å². The van der Waals surface area contributed by atoms with Crippen LogP contribution in [0.1, 0.15) is 6.92 Å². The molecule has 1 N–H and O–H groups in total.